The number of nitrogens with zero attached hydrogens (tertiary/aromatic N) is 4. The number of methoxy groups -OCH3 is 1. The second-order valence-corrected chi connectivity index (χ2v) is 7.64. The van der Waals surface area contributed by atoms with E-state index in [9.17, 15) is 9.59 Å². The monoisotopic (exact) mass is 427 g/mol. The number of rotatable bonds is 8. The summed E-state index contributed by atoms with van der Waals surface area (Å²) in [6, 6.07) is 3.21. The van der Waals surface area contributed by atoms with Gasteiger partial charge in [0.05, 0.1) is 12.6 Å². The molecule has 0 spiro atoms. The molecule has 1 unspecified atom stereocenters. The molecule has 1 aromatic carbocycles. The van der Waals surface area contributed by atoms with Crippen LogP contribution >= 0.6 is 0 Å². The molecule has 0 radical (unpaired) electrons. The maximum atomic E-state index is 12.0. The SMILES string of the molecule is COC(=NCCCN(C)c1nc(N)c2cc(C(C)=O)c(C(C)=O)cc2n1)C1CCCO1. The fourth-order valence-corrected chi connectivity index (χ4v) is 3.61. The molecule has 0 amide bonds. The lowest BCUT2D eigenvalue weighted by Gasteiger charge is -2.18. The number of fused-ring (bicyclic) bond motifs is 1. The molecule has 1 aromatic heterocycles. The molecule has 0 aliphatic carbocycles. The normalized spacial score (nSPS) is 16.5. The molecule has 1 aliphatic rings. The number of nitrogen functional groups attached to an aromatic ring is 1. The average molecular weight is 428 g/mol. The van der Waals surface area contributed by atoms with E-state index in [4.69, 9.17) is 15.2 Å². The van der Waals surface area contributed by atoms with E-state index in [2.05, 4.69) is 15.0 Å². The third-order valence-corrected chi connectivity index (χ3v) is 5.29. The van der Waals surface area contributed by atoms with Crippen LogP contribution in [0.2, 0.25) is 0 Å². The fraction of sp³-hybridized carbons (Fsp3) is 0.500. The molecule has 1 fully saturated rings. The molecular weight excluding hydrogens is 398 g/mol. The lowest BCUT2D eigenvalue weighted by Crippen LogP contribution is -2.24. The molecule has 0 bridgehead atoms. The summed E-state index contributed by atoms with van der Waals surface area (Å²) in [7, 11) is 3.49. The second kappa shape index (κ2) is 9.82. The largest absolute Gasteiger partial charge is 0.482 e. The highest BCUT2D eigenvalue weighted by atomic mass is 16.5. The van der Waals surface area contributed by atoms with Gasteiger partial charge in [0.25, 0.3) is 0 Å². The van der Waals surface area contributed by atoms with Crippen molar-refractivity contribution in [2.75, 3.05) is 44.5 Å². The Balaban J connectivity index is 1.75. The first kappa shape index (κ1) is 22.6. The molecule has 2 aromatic rings. The van der Waals surface area contributed by atoms with Crippen molar-refractivity contribution in [3.8, 4) is 0 Å². The maximum Gasteiger partial charge on any atom is 0.227 e. The lowest BCUT2D eigenvalue weighted by molar-refractivity contribution is 0.0981. The van der Waals surface area contributed by atoms with Crippen molar-refractivity contribution in [3.63, 3.8) is 0 Å². The van der Waals surface area contributed by atoms with Gasteiger partial charge < -0.3 is 20.1 Å². The Morgan fingerprint density at radius 1 is 1.26 bits per heavy atom. The van der Waals surface area contributed by atoms with Crippen molar-refractivity contribution in [2.45, 2.75) is 39.2 Å². The van der Waals surface area contributed by atoms with Crippen molar-refractivity contribution in [1.82, 2.24) is 9.97 Å². The van der Waals surface area contributed by atoms with Gasteiger partial charge in [-0.2, -0.15) is 4.98 Å². The highest BCUT2D eigenvalue weighted by Gasteiger charge is 2.22. The van der Waals surface area contributed by atoms with Crippen LogP contribution in [0.25, 0.3) is 10.9 Å². The van der Waals surface area contributed by atoms with Crippen LogP contribution in [0.1, 0.15) is 53.8 Å². The van der Waals surface area contributed by atoms with Crippen LogP contribution in [-0.4, -0.2) is 67.4 Å². The Bertz CT molecular complexity index is 1010. The van der Waals surface area contributed by atoms with Gasteiger partial charge in [0.15, 0.2) is 11.6 Å². The number of Topliss-reactive ketones (excluding diaryl/α,β-unsaturated/α-hetero) is 2. The Morgan fingerprint density at radius 2 is 1.97 bits per heavy atom. The fourth-order valence-electron chi connectivity index (χ4n) is 3.61. The van der Waals surface area contributed by atoms with Gasteiger partial charge in [-0.3, -0.25) is 14.6 Å². The smallest absolute Gasteiger partial charge is 0.227 e. The molecule has 2 N–H and O–H groups in total. The zero-order valence-electron chi connectivity index (χ0n) is 18.5. The van der Waals surface area contributed by atoms with Crippen LogP contribution in [0.3, 0.4) is 0 Å². The molecule has 3 rings (SSSR count). The third kappa shape index (κ3) is 5.16. The van der Waals surface area contributed by atoms with Gasteiger partial charge in [-0.05, 0) is 45.2 Å². The predicted octanol–water partition coefficient (Wildman–Crippen LogP) is 2.67. The highest BCUT2D eigenvalue weighted by molar-refractivity contribution is 6.11. The summed E-state index contributed by atoms with van der Waals surface area (Å²) < 4.78 is 11.0. The number of carbonyl (C=O) groups excluding carboxylic acids is 2. The van der Waals surface area contributed by atoms with Gasteiger partial charge in [-0.25, -0.2) is 4.98 Å². The van der Waals surface area contributed by atoms with E-state index >= 15 is 0 Å². The molecule has 1 saturated heterocycles. The number of hydrogen-bond acceptors (Lipinski definition) is 9. The number of aliphatic imine (C=N–C) groups is 1. The molecule has 1 aliphatic heterocycles. The number of anilines is 2. The summed E-state index contributed by atoms with van der Waals surface area (Å²) in [6.07, 6.45) is 2.68. The number of ketones is 2. The number of nitrogens with two attached hydrogens (primary N) is 1. The van der Waals surface area contributed by atoms with Crippen molar-refractivity contribution >= 4 is 40.1 Å². The lowest BCUT2D eigenvalue weighted by atomic mass is 9.99. The Labute approximate surface area is 181 Å². The minimum Gasteiger partial charge on any atom is -0.482 e. The van der Waals surface area contributed by atoms with Crippen molar-refractivity contribution < 1.29 is 19.1 Å². The molecule has 31 heavy (non-hydrogen) atoms. The second-order valence-electron chi connectivity index (χ2n) is 7.64. The number of aromatic nitrogens is 2. The van der Waals surface area contributed by atoms with E-state index in [1.165, 1.54) is 13.8 Å². The van der Waals surface area contributed by atoms with E-state index in [1.807, 2.05) is 11.9 Å². The number of ether oxygens (including phenoxy) is 2. The highest BCUT2D eigenvalue weighted by Crippen LogP contribution is 2.26. The summed E-state index contributed by atoms with van der Waals surface area (Å²) in [5, 5.41) is 0.554. The standard InChI is InChI=1S/C22H29N5O4/c1-13(28)15-11-17-18(12-16(15)14(2)29)25-22(26-20(17)23)27(3)9-6-8-24-21(30-4)19-7-5-10-31-19/h11-12,19H,5-10H2,1-4H3,(H2,23,25,26). The minimum atomic E-state index is -0.202. The maximum absolute atomic E-state index is 12.0. The number of carbonyl (C=O) groups is 2. The summed E-state index contributed by atoms with van der Waals surface area (Å²) in [6.45, 7) is 4.84. The predicted molar refractivity (Wildman–Crippen MR) is 120 cm³/mol. The Kier molecular flexibility index (Phi) is 7.17. The summed E-state index contributed by atoms with van der Waals surface area (Å²) in [4.78, 5) is 39.3. The topological polar surface area (TPSA) is 120 Å². The third-order valence-electron chi connectivity index (χ3n) is 5.29. The van der Waals surface area contributed by atoms with Crippen molar-refractivity contribution in [2.24, 2.45) is 4.99 Å². The van der Waals surface area contributed by atoms with E-state index in [1.54, 1.807) is 19.2 Å². The zero-order chi connectivity index (χ0) is 22.5. The van der Waals surface area contributed by atoms with Crippen LogP contribution in [0.5, 0.6) is 0 Å². The van der Waals surface area contributed by atoms with E-state index < -0.39 is 0 Å². The minimum absolute atomic E-state index is 0.0401. The molecule has 1 atom stereocenters. The first-order valence-corrected chi connectivity index (χ1v) is 10.4. The van der Waals surface area contributed by atoms with Crippen molar-refractivity contribution in [1.29, 1.82) is 0 Å². The van der Waals surface area contributed by atoms with Gasteiger partial charge >= 0.3 is 0 Å². The quantitative estimate of drug-likeness (QED) is 0.295. The van der Waals surface area contributed by atoms with Crippen LogP contribution in [0, 0.1) is 0 Å². The summed E-state index contributed by atoms with van der Waals surface area (Å²) in [5.41, 5.74) is 7.34. The molecule has 9 nitrogen and oxygen atoms in total. The number of benzene rings is 1. The van der Waals surface area contributed by atoms with E-state index in [-0.39, 0.29) is 23.5 Å². The number of hydrogen-bond donors (Lipinski definition) is 1. The van der Waals surface area contributed by atoms with Gasteiger partial charge in [-0.1, -0.05) is 0 Å². The van der Waals surface area contributed by atoms with E-state index in [0.29, 0.717) is 47.0 Å². The van der Waals surface area contributed by atoms with Gasteiger partial charge in [0.1, 0.15) is 11.9 Å². The Morgan fingerprint density at radius 3 is 2.58 bits per heavy atom. The summed E-state index contributed by atoms with van der Waals surface area (Å²) >= 11 is 0. The molecule has 2 heterocycles. The Hall–Kier alpha value is -3.07. The van der Waals surface area contributed by atoms with E-state index in [0.717, 1.165) is 25.9 Å². The van der Waals surface area contributed by atoms with Gasteiger partial charge in [0, 0.05) is 43.3 Å². The van der Waals surface area contributed by atoms with Crippen LogP contribution in [0.4, 0.5) is 11.8 Å². The van der Waals surface area contributed by atoms with Crippen LogP contribution in [0.15, 0.2) is 17.1 Å². The average Bonchev–Trinajstić information content (AvgIpc) is 3.27. The van der Waals surface area contributed by atoms with Crippen LogP contribution < -0.4 is 10.6 Å². The molecule has 0 saturated carbocycles. The van der Waals surface area contributed by atoms with Gasteiger partial charge in [-0.15, -0.1) is 0 Å². The first-order chi connectivity index (χ1) is 14.8. The first-order valence-electron chi connectivity index (χ1n) is 10.4. The zero-order valence-corrected chi connectivity index (χ0v) is 18.5. The molecule has 9 heteroatoms. The molecular formula is C22H29N5O4. The summed E-state index contributed by atoms with van der Waals surface area (Å²) in [5.74, 6) is 0.959. The van der Waals surface area contributed by atoms with Crippen molar-refractivity contribution in [3.05, 3.63) is 23.3 Å². The molecule has 166 valence electrons. The van der Waals surface area contributed by atoms with Gasteiger partial charge in [0.2, 0.25) is 11.8 Å². The van der Waals surface area contributed by atoms with Crippen LogP contribution in [-0.2, 0) is 9.47 Å².